The molecular weight excluding hydrogens is 255 g/mol. The summed E-state index contributed by atoms with van der Waals surface area (Å²) in [7, 11) is -4.00. The Morgan fingerprint density at radius 3 is 1.53 bits per heavy atom. The van der Waals surface area contributed by atoms with Gasteiger partial charge in [-0.25, -0.2) is 0 Å². The van der Waals surface area contributed by atoms with E-state index in [4.69, 9.17) is 0 Å². The Bertz CT molecular complexity index is 333. The van der Waals surface area contributed by atoms with E-state index in [0.717, 1.165) is 12.8 Å². The first-order valence-electron chi connectivity index (χ1n) is 6.17. The third-order valence-electron chi connectivity index (χ3n) is 3.39. The van der Waals surface area contributed by atoms with Gasteiger partial charge in [0.05, 0.1) is 16.5 Å². The molecule has 104 valence electrons. The van der Waals surface area contributed by atoms with Gasteiger partial charge < -0.3 is 0 Å². The topological polar surface area (TPSA) is 54.4 Å². The van der Waals surface area contributed by atoms with Crippen molar-refractivity contribution < 1.29 is 13.0 Å². The van der Waals surface area contributed by atoms with Gasteiger partial charge in [-0.1, -0.05) is 13.3 Å². The molecule has 0 spiro atoms. The Morgan fingerprint density at radius 2 is 1.35 bits per heavy atom. The molecule has 0 aliphatic heterocycles. The minimum absolute atomic E-state index is 0.395. The van der Waals surface area contributed by atoms with Gasteiger partial charge in [-0.15, -0.1) is 0 Å². The van der Waals surface area contributed by atoms with E-state index in [2.05, 4.69) is 0 Å². The van der Waals surface area contributed by atoms with Crippen LogP contribution < -0.4 is 0 Å². The molecule has 0 saturated heterocycles. The summed E-state index contributed by atoms with van der Waals surface area (Å²) in [6.07, 6.45) is 2.40. The lowest BCUT2D eigenvalue weighted by atomic mass is 10.2. The SMILES string of the molecule is CCCC[P+](C(C)(C)C)(C(C)(C)C)S(=O)(=O)O. The van der Waals surface area contributed by atoms with Crippen LogP contribution in [0.25, 0.3) is 0 Å². The Morgan fingerprint density at radius 1 is 1.00 bits per heavy atom. The van der Waals surface area contributed by atoms with E-state index in [0.29, 0.717) is 6.16 Å². The van der Waals surface area contributed by atoms with Crippen LogP contribution in [0, 0.1) is 0 Å². The third-order valence-corrected chi connectivity index (χ3v) is 15.7. The van der Waals surface area contributed by atoms with Crippen LogP contribution in [0.15, 0.2) is 0 Å². The first kappa shape index (κ1) is 17.3. The Kier molecular flexibility index (Phi) is 5.25. The maximum Gasteiger partial charge on any atom is 0.381 e. The summed E-state index contributed by atoms with van der Waals surface area (Å²) in [5.74, 6) is 0. The zero-order valence-corrected chi connectivity index (χ0v) is 14.0. The first-order valence-corrected chi connectivity index (χ1v) is 10.2. The van der Waals surface area contributed by atoms with Crippen molar-refractivity contribution >= 4 is 16.2 Å². The maximum atomic E-state index is 12.1. The van der Waals surface area contributed by atoms with Crippen molar-refractivity contribution in [1.82, 2.24) is 0 Å². The standard InChI is InChI=1S/C12H27O3PS/c1-8-9-10-16(11(2,3)4,12(5,6)7)17(13,14)15/h8-10H2,1-7H3/p+1. The van der Waals surface area contributed by atoms with Gasteiger partial charge in [0.15, 0.2) is 6.46 Å². The van der Waals surface area contributed by atoms with Gasteiger partial charge in [0.1, 0.15) is 0 Å². The van der Waals surface area contributed by atoms with Crippen LogP contribution in [0.2, 0.25) is 0 Å². The number of hydrogen-bond acceptors (Lipinski definition) is 2. The van der Waals surface area contributed by atoms with Crippen molar-refractivity contribution in [2.75, 3.05) is 6.16 Å². The van der Waals surface area contributed by atoms with Crippen LogP contribution in [0.5, 0.6) is 0 Å². The molecule has 0 aliphatic rings. The molecule has 0 aliphatic carbocycles. The molecule has 0 aromatic carbocycles. The quantitative estimate of drug-likeness (QED) is 0.621. The first-order chi connectivity index (χ1) is 7.31. The fourth-order valence-corrected chi connectivity index (χ4v) is 13.8. The molecule has 0 rings (SSSR count). The van der Waals surface area contributed by atoms with E-state index < -0.39 is 26.5 Å². The lowest BCUT2D eigenvalue weighted by Gasteiger charge is -2.43. The highest BCUT2D eigenvalue weighted by Gasteiger charge is 2.66. The van der Waals surface area contributed by atoms with Crippen molar-refractivity contribution in [3.8, 4) is 0 Å². The van der Waals surface area contributed by atoms with Crippen LogP contribution >= 0.6 is 6.46 Å². The van der Waals surface area contributed by atoms with Crippen LogP contribution in [0.1, 0.15) is 61.3 Å². The second-order valence-corrected chi connectivity index (χ2v) is 15.4. The van der Waals surface area contributed by atoms with Crippen LogP contribution in [-0.2, 0) is 9.74 Å². The molecular formula is C12H28O3PS+. The highest BCUT2D eigenvalue weighted by Crippen LogP contribution is 2.80. The maximum absolute atomic E-state index is 12.1. The molecule has 5 heteroatoms. The van der Waals surface area contributed by atoms with Crippen molar-refractivity contribution in [2.45, 2.75) is 71.6 Å². The van der Waals surface area contributed by atoms with Gasteiger partial charge in [0, 0.05) is 0 Å². The van der Waals surface area contributed by atoms with E-state index in [1.165, 1.54) is 0 Å². The molecule has 0 amide bonds. The molecule has 0 bridgehead atoms. The van der Waals surface area contributed by atoms with Crippen molar-refractivity contribution in [3.63, 3.8) is 0 Å². The largest absolute Gasteiger partial charge is 0.381 e. The molecule has 0 aromatic heterocycles. The van der Waals surface area contributed by atoms with Gasteiger partial charge in [0.25, 0.3) is 0 Å². The number of rotatable bonds is 4. The van der Waals surface area contributed by atoms with Crippen LogP contribution in [0.4, 0.5) is 0 Å². The van der Waals surface area contributed by atoms with E-state index in [1.807, 2.05) is 48.5 Å². The molecule has 0 atom stereocenters. The zero-order chi connectivity index (χ0) is 14.1. The average molecular weight is 283 g/mol. The fourth-order valence-electron chi connectivity index (χ4n) is 2.87. The minimum atomic E-state index is -4.00. The summed E-state index contributed by atoms with van der Waals surface area (Å²) < 4.78 is 34.0. The smallest absolute Gasteiger partial charge is 0.257 e. The second-order valence-electron chi connectivity index (χ2n) is 6.61. The second kappa shape index (κ2) is 5.14. The lowest BCUT2D eigenvalue weighted by molar-refractivity contribution is 0.496. The molecule has 3 nitrogen and oxygen atoms in total. The van der Waals surface area contributed by atoms with E-state index in [-0.39, 0.29) is 0 Å². The van der Waals surface area contributed by atoms with Crippen molar-refractivity contribution in [3.05, 3.63) is 0 Å². The molecule has 0 unspecified atom stereocenters. The summed E-state index contributed by atoms with van der Waals surface area (Å²) in [6.45, 7) is 11.1. The zero-order valence-electron chi connectivity index (χ0n) is 12.2. The van der Waals surface area contributed by atoms with E-state index >= 15 is 0 Å². The van der Waals surface area contributed by atoms with Gasteiger partial charge in [-0.3, -0.25) is 4.55 Å². The molecule has 0 radical (unpaired) electrons. The van der Waals surface area contributed by atoms with Gasteiger partial charge in [0.2, 0.25) is 0 Å². The Hall–Kier alpha value is 0.340. The third kappa shape index (κ3) is 3.21. The lowest BCUT2D eigenvalue weighted by Crippen LogP contribution is -2.40. The highest BCUT2D eigenvalue weighted by atomic mass is 32.8. The Labute approximate surface area is 107 Å². The highest BCUT2D eigenvalue weighted by molar-refractivity contribution is 8.55. The van der Waals surface area contributed by atoms with Gasteiger partial charge in [-0.2, -0.15) is 8.42 Å². The van der Waals surface area contributed by atoms with Gasteiger partial charge >= 0.3 is 9.74 Å². The number of hydrogen-bond donors (Lipinski definition) is 1. The minimum Gasteiger partial charge on any atom is -0.257 e. The fraction of sp³-hybridized carbons (Fsp3) is 1.00. The average Bonchev–Trinajstić information content (AvgIpc) is 1.96. The predicted octanol–water partition coefficient (Wildman–Crippen LogP) is 4.20. The monoisotopic (exact) mass is 283 g/mol. The summed E-state index contributed by atoms with van der Waals surface area (Å²) >= 11 is 0. The predicted molar refractivity (Wildman–Crippen MR) is 77.7 cm³/mol. The summed E-state index contributed by atoms with van der Waals surface area (Å²) in [6, 6.07) is 0. The summed E-state index contributed by atoms with van der Waals surface area (Å²) in [5.41, 5.74) is 0. The summed E-state index contributed by atoms with van der Waals surface area (Å²) in [4.78, 5) is 0. The van der Waals surface area contributed by atoms with Gasteiger partial charge in [-0.05, 0) is 48.0 Å². The molecule has 17 heavy (non-hydrogen) atoms. The molecule has 0 aromatic rings. The Balaban J connectivity index is 5.94. The van der Waals surface area contributed by atoms with E-state index in [9.17, 15) is 13.0 Å². The molecule has 0 fully saturated rings. The van der Waals surface area contributed by atoms with Crippen LogP contribution in [0.3, 0.4) is 0 Å². The van der Waals surface area contributed by atoms with Crippen LogP contribution in [-0.4, -0.2) is 29.4 Å². The van der Waals surface area contributed by atoms with E-state index in [1.54, 1.807) is 0 Å². The normalized spacial score (nSPS) is 15.1. The molecule has 0 saturated carbocycles. The molecule has 0 heterocycles. The molecule has 1 N–H and O–H groups in total. The van der Waals surface area contributed by atoms with Crippen molar-refractivity contribution in [2.24, 2.45) is 0 Å². The summed E-state index contributed by atoms with van der Waals surface area (Å²) in [5, 5.41) is -0.790. The number of unbranched alkanes of at least 4 members (excludes halogenated alkanes) is 1. The van der Waals surface area contributed by atoms with Crippen molar-refractivity contribution in [1.29, 1.82) is 0 Å².